The van der Waals surface area contributed by atoms with Crippen molar-refractivity contribution in [1.29, 1.82) is 0 Å². The molecule has 0 spiro atoms. The Morgan fingerprint density at radius 1 is 0.857 bits per heavy atom. The maximum absolute atomic E-state index is 5.42. The van der Waals surface area contributed by atoms with Crippen LogP contribution in [0.3, 0.4) is 0 Å². The van der Waals surface area contributed by atoms with Crippen molar-refractivity contribution in [3.05, 3.63) is 35.4 Å². The zero-order valence-corrected chi connectivity index (χ0v) is 13.1. The molecule has 116 valence electrons. The minimum Gasteiger partial charge on any atom is -0.379 e. The summed E-state index contributed by atoms with van der Waals surface area (Å²) in [5.74, 6) is 0. The summed E-state index contributed by atoms with van der Waals surface area (Å²) in [6, 6.07) is 9.17. The van der Waals surface area contributed by atoms with Crippen LogP contribution in [0.15, 0.2) is 24.3 Å². The molecule has 2 aliphatic rings. The summed E-state index contributed by atoms with van der Waals surface area (Å²) in [4.78, 5) is 5.12. The van der Waals surface area contributed by atoms with Crippen LogP contribution in [0, 0.1) is 0 Å². The Morgan fingerprint density at radius 2 is 1.62 bits per heavy atom. The van der Waals surface area contributed by atoms with Crippen molar-refractivity contribution in [1.82, 2.24) is 9.80 Å². The molecule has 3 rings (SSSR count). The Balaban J connectivity index is 1.50. The maximum Gasteiger partial charge on any atom is 0.0594 e. The Labute approximate surface area is 128 Å². The van der Waals surface area contributed by atoms with Crippen molar-refractivity contribution >= 4 is 0 Å². The Morgan fingerprint density at radius 3 is 2.43 bits per heavy atom. The van der Waals surface area contributed by atoms with E-state index >= 15 is 0 Å². The summed E-state index contributed by atoms with van der Waals surface area (Å²) in [6.45, 7) is 8.79. The summed E-state index contributed by atoms with van der Waals surface area (Å²) in [5, 5.41) is 0. The molecular weight excluding hydrogens is 260 g/mol. The molecule has 0 atom stereocenters. The van der Waals surface area contributed by atoms with E-state index in [1.807, 2.05) is 0 Å². The van der Waals surface area contributed by atoms with Gasteiger partial charge in [0.2, 0.25) is 0 Å². The molecule has 0 aliphatic carbocycles. The molecule has 0 amide bonds. The van der Waals surface area contributed by atoms with Crippen molar-refractivity contribution in [3.63, 3.8) is 0 Å². The van der Waals surface area contributed by atoms with Crippen LogP contribution in [-0.4, -0.2) is 55.7 Å². The first-order valence-electron chi connectivity index (χ1n) is 8.50. The van der Waals surface area contributed by atoms with Crippen LogP contribution >= 0.6 is 0 Å². The highest BCUT2D eigenvalue weighted by molar-refractivity contribution is 5.23. The van der Waals surface area contributed by atoms with E-state index in [1.54, 1.807) is 0 Å². The summed E-state index contributed by atoms with van der Waals surface area (Å²) in [5.41, 5.74) is 2.94. The van der Waals surface area contributed by atoms with E-state index in [-0.39, 0.29) is 0 Å². The molecule has 1 aromatic carbocycles. The molecule has 0 saturated carbocycles. The van der Waals surface area contributed by atoms with E-state index in [9.17, 15) is 0 Å². The van der Waals surface area contributed by atoms with Gasteiger partial charge in [0.05, 0.1) is 13.2 Å². The van der Waals surface area contributed by atoms with Gasteiger partial charge in [0.25, 0.3) is 0 Å². The summed E-state index contributed by atoms with van der Waals surface area (Å²) < 4.78 is 5.42. The number of ether oxygens (including phenoxy) is 1. The summed E-state index contributed by atoms with van der Waals surface area (Å²) in [6.07, 6.45) is 5.39. The average molecular weight is 288 g/mol. The van der Waals surface area contributed by atoms with Crippen LogP contribution in [0.25, 0.3) is 0 Å². The predicted molar refractivity (Wildman–Crippen MR) is 86.5 cm³/mol. The van der Waals surface area contributed by atoms with Crippen molar-refractivity contribution in [2.24, 2.45) is 0 Å². The standard InChI is InChI=1S/C18H28N2O/c1-2-8-19(9-3-1)10-7-17-5-4-6-18(15-17)16-20-11-13-21-14-12-20/h4-6,15H,1-3,7-14,16H2. The van der Waals surface area contributed by atoms with Crippen LogP contribution in [0.4, 0.5) is 0 Å². The minimum atomic E-state index is 0.884. The molecule has 3 heteroatoms. The second kappa shape index (κ2) is 7.92. The molecule has 2 saturated heterocycles. The lowest BCUT2D eigenvalue weighted by molar-refractivity contribution is 0.0342. The van der Waals surface area contributed by atoms with E-state index in [2.05, 4.69) is 34.1 Å². The number of likely N-dealkylation sites (tertiary alicyclic amines) is 1. The van der Waals surface area contributed by atoms with Gasteiger partial charge in [-0.25, -0.2) is 0 Å². The number of piperidine rings is 1. The van der Waals surface area contributed by atoms with Gasteiger partial charge in [-0.05, 0) is 43.5 Å². The zero-order valence-electron chi connectivity index (χ0n) is 13.1. The Bertz CT molecular complexity index is 423. The monoisotopic (exact) mass is 288 g/mol. The fraction of sp³-hybridized carbons (Fsp3) is 0.667. The molecule has 0 bridgehead atoms. The van der Waals surface area contributed by atoms with Crippen LogP contribution in [0.2, 0.25) is 0 Å². The molecule has 2 fully saturated rings. The maximum atomic E-state index is 5.42. The van der Waals surface area contributed by atoms with Crippen LogP contribution in [0.5, 0.6) is 0 Å². The number of hydrogen-bond donors (Lipinski definition) is 0. The van der Waals surface area contributed by atoms with Gasteiger partial charge >= 0.3 is 0 Å². The zero-order chi connectivity index (χ0) is 14.3. The van der Waals surface area contributed by atoms with Crippen LogP contribution in [-0.2, 0) is 17.7 Å². The van der Waals surface area contributed by atoms with E-state index in [0.717, 1.165) is 32.8 Å². The van der Waals surface area contributed by atoms with Gasteiger partial charge in [-0.3, -0.25) is 4.90 Å². The smallest absolute Gasteiger partial charge is 0.0594 e. The van der Waals surface area contributed by atoms with Gasteiger partial charge in [-0.1, -0.05) is 30.7 Å². The van der Waals surface area contributed by atoms with Crippen LogP contribution < -0.4 is 0 Å². The third-order valence-electron chi connectivity index (χ3n) is 4.67. The fourth-order valence-electron chi connectivity index (χ4n) is 3.37. The lowest BCUT2D eigenvalue weighted by atomic mass is 10.1. The average Bonchev–Trinajstić information content (AvgIpc) is 2.55. The van der Waals surface area contributed by atoms with E-state index < -0.39 is 0 Å². The lowest BCUT2D eigenvalue weighted by Gasteiger charge is -2.27. The number of rotatable bonds is 5. The van der Waals surface area contributed by atoms with Gasteiger partial charge in [0.15, 0.2) is 0 Å². The lowest BCUT2D eigenvalue weighted by Crippen LogP contribution is -2.35. The molecule has 21 heavy (non-hydrogen) atoms. The van der Waals surface area contributed by atoms with Crippen molar-refractivity contribution < 1.29 is 4.74 Å². The first-order valence-corrected chi connectivity index (χ1v) is 8.50. The van der Waals surface area contributed by atoms with Gasteiger partial charge in [-0.2, -0.15) is 0 Å². The number of morpholine rings is 1. The van der Waals surface area contributed by atoms with Crippen molar-refractivity contribution in [3.8, 4) is 0 Å². The SMILES string of the molecule is c1cc(CCN2CCCCC2)cc(CN2CCOCC2)c1. The summed E-state index contributed by atoms with van der Waals surface area (Å²) >= 11 is 0. The predicted octanol–water partition coefficient (Wildman–Crippen LogP) is 2.55. The van der Waals surface area contributed by atoms with Crippen molar-refractivity contribution in [2.45, 2.75) is 32.2 Å². The van der Waals surface area contributed by atoms with Crippen LogP contribution in [0.1, 0.15) is 30.4 Å². The first kappa shape index (κ1) is 15.0. The quantitative estimate of drug-likeness (QED) is 0.828. The normalized spacial score (nSPS) is 21.5. The molecule has 2 heterocycles. The molecule has 3 nitrogen and oxygen atoms in total. The largest absolute Gasteiger partial charge is 0.379 e. The fourth-order valence-corrected chi connectivity index (χ4v) is 3.37. The van der Waals surface area contributed by atoms with E-state index in [4.69, 9.17) is 4.74 Å². The third-order valence-corrected chi connectivity index (χ3v) is 4.67. The highest BCUT2D eigenvalue weighted by Crippen LogP contribution is 2.13. The second-order valence-electron chi connectivity index (χ2n) is 6.36. The van der Waals surface area contributed by atoms with Gasteiger partial charge in [-0.15, -0.1) is 0 Å². The topological polar surface area (TPSA) is 15.7 Å². The molecule has 0 N–H and O–H groups in total. The van der Waals surface area contributed by atoms with Gasteiger partial charge in [0, 0.05) is 26.2 Å². The number of hydrogen-bond acceptors (Lipinski definition) is 3. The Kier molecular flexibility index (Phi) is 5.67. The van der Waals surface area contributed by atoms with E-state index in [1.165, 1.54) is 56.4 Å². The minimum absolute atomic E-state index is 0.884. The second-order valence-corrected chi connectivity index (χ2v) is 6.36. The van der Waals surface area contributed by atoms with Crippen molar-refractivity contribution in [2.75, 3.05) is 45.9 Å². The number of nitrogens with zero attached hydrogens (tertiary/aromatic N) is 2. The van der Waals surface area contributed by atoms with E-state index in [0.29, 0.717) is 0 Å². The molecule has 0 unspecified atom stereocenters. The molecule has 2 aliphatic heterocycles. The van der Waals surface area contributed by atoms with Gasteiger partial charge in [0.1, 0.15) is 0 Å². The molecule has 0 radical (unpaired) electrons. The Hall–Kier alpha value is -0.900. The first-order chi connectivity index (χ1) is 10.4. The highest BCUT2D eigenvalue weighted by Gasteiger charge is 2.12. The molecular formula is C18H28N2O. The molecule has 1 aromatic rings. The molecule has 0 aromatic heterocycles. The summed E-state index contributed by atoms with van der Waals surface area (Å²) in [7, 11) is 0. The van der Waals surface area contributed by atoms with Gasteiger partial charge < -0.3 is 9.64 Å². The third kappa shape index (κ3) is 4.80. The highest BCUT2D eigenvalue weighted by atomic mass is 16.5. The number of benzene rings is 1.